The second-order valence-corrected chi connectivity index (χ2v) is 8.48. The van der Waals surface area contributed by atoms with E-state index in [1.165, 1.54) is 0 Å². The van der Waals surface area contributed by atoms with E-state index in [2.05, 4.69) is 23.9 Å². The van der Waals surface area contributed by atoms with E-state index in [-0.39, 0.29) is 13.2 Å². The molecule has 0 spiro atoms. The van der Waals surface area contributed by atoms with Gasteiger partial charge in [-0.2, -0.15) is 0 Å². The van der Waals surface area contributed by atoms with Gasteiger partial charge in [0.2, 0.25) is 0 Å². The number of benzene rings is 2. The molecule has 2 unspecified atom stereocenters. The van der Waals surface area contributed by atoms with Crippen molar-refractivity contribution < 1.29 is 33.7 Å². The molecular weight excluding hydrogens is 476 g/mol. The van der Waals surface area contributed by atoms with Gasteiger partial charge in [0.25, 0.3) is 0 Å². The smallest absolute Gasteiger partial charge is 0.407 e. The Bertz CT molecular complexity index is 861. The van der Waals surface area contributed by atoms with Gasteiger partial charge in [-0.3, -0.25) is 4.79 Å². The number of hydrogen-bond donors (Lipinski definition) is 2. The number of nitrogens with zero attached hydrogens (tertiary/aromatic N) is 1. The highest BCUT2D eigenvalue weighted by Gasteiger charge is 2.26. The van der Waals surface area contributed by atoms with Gasteiger partial charge in [-0.05, 0) is 42.2 Å². The molecule has 0 fully saturated rings. The Morgan fingerprint density at radius 2 is 1.57 bits per heavy atom. The molecule has 2 N–H and O–H groups in total. The maximum atomic E-state index is 12.2. The van der Waals surface area contributed by atoms with Gasteiger partial charge in [-0.1, -0.05) is 57.0 Å². The fraction of sp³-hybridized carbons (Fsp3) is 0.500. The Hall–Kier alpha value is -3.14. The van der Waals surface area contributed by atoms with Gasteiger partial charge in [0, 0.05) is 20.8 Å². The van der Waals surface area contributed by atoms with E-state index in [4.69, 9.17) is 14.3 Å². The number of carbonyl (C=O) groups is 2. The Kier molecular flexibility index (Phi) is 16.4. The summed E-state index contributed by atoms with van der Waals surface area (Å²) in [5.74, 6) is 1.72. The summed E-state index contributed by atoms with van der Waals surface area (Å²) in [6, 6.07) is 16.1. The zero-order valence-corrected chi connectivity index (χ0v) is 22.6. The lowest BCUT2D eigenvalue weighted by molar-refractivity contribution is -0.110. The van der Waals surface area contributed by atoms with E-state index in [9.17, 15) is 14.7 Å². The maximum Gasteiger partial charge on any atom is 0.407 e. The van der Waals surface area contributed by atoms with Crippen LogP contribution in [0.15, 0.2) is 54.6 Å². The van der Waals surface area contributed by atoms with Crippen molar-refractivity contribution in [1.82, 2.24) is 10.4 Å². The van der Waals surface area contributed by atoms with Crippen LogP contribution in [0.4, 0.5) is 4.79 Å². The van der Waals surface area contributed by atoms with Crippen molar-refractivity contribution in [3.05, 3.63) is 60.2 Å². The highest BCUT2D eigenvalue weighted by molar-refractivity contribution is 5.69. The molecule has 2 aromatic rings. The van der Waals surface area contributed by atoms with Crippen molar-refractivity contribution in [2.45, 2.75) is 45.3 Å². The zero-order chi connectivity index (χ0) is 27.5. The number of aliphatic hydroxyl groups excluding tert-OH is 1. The van der Waals surface area contributed by atoms with Crippen LogP contribution >= 0.6 is 0 Å². The number of rotatable bonds is 15. The number of amides is 1. The van der Waals surface area contributed by atoms with Crippen molar-refractivity contribution >= 4 is 12.4 Å². The molecule has 0 bridgehead atoms. The van der Waals surface area contributed by atoms with Gasteiger partial charge >= 0.3 is 6.09 Å². The van der Waals surface area contributed by atoms with Crippen LogP contribution in [0.1, 0.15) is 32.3 Å². The number of ether oxygens (including phenoxy) is 3. The van der Waals surface area contributed by atoms with Gasteiger partial charge < -0.3 is 29.5 Å². The van der Waals surface area contributed by atoms with Crippen LogP contribution < -0.4 is 14.9 Å². The van der Waals surface area contributed by atoms with Crippen molar-refractivity contribution in [2.75, 3.05) is 41.0 Å². The van der Waals surface area contributed by atoms with E-state index in [1.54, 1.807) is 26.4 Å². The third-order valence-electron chi connectivity index (χ3n) is 5.65. The molecule has 0 saturated carbocycles. The zero-order valence-electron chi connectivity index (χ0n) is 22.6. The van der Waals surface area contributed by atoms with Crippen LogP contribution in [0.5, 0.6) is 11.5 Å². The highest BCUT2D eigenvalue weighted by Crippen LogP contribution is 2.20. The number of nitrogens with one attached hydrogen (secondary N) is 1. The van der Waals surface area contributed by atoms with Gasteiger partial charge in [0.1, 0.15) is 18.1 Å². The monoisotopic (exact) mass is 518 g/mol. The fourth-order valence-electron chi connectivity index (χ4n) is 3.56. The Labute approximate surface area is 220 Å². The van der Waals surface area contributed by atoms with Crippen LogP contribution in [-0.2, 0) is 20.7 Å². The second kappa shape index (κ2) is 19.0. The van der Waals surface area contributed by atoms with Crippen molar-refractivity contribution in [2.24, 2.45) is 5.92 Å². The summed E-state index contributed by atoms with van der Waals surface area (Å²) < 4.78 is 14.3. The minimum absolute atomic E-state index is 0.161. The van der Waals surface area contributed by atoms with Crippen molar-refractivity contribution in [3.8, 4) is 11.5 Å². The maximum absolute atomic E-state index is 12.2. The third-order valence-corrected chi connectivity index (χ3v) is 5.65. The summed E-state index contributed by atoms with van der Waals surface area (Å²) in [7, 11) is 4.85. The summed E-state index contributed by atoms with van der Waals surface area (Å²) in [4.78, 5) is 28.8. The topological polar surface area (TPSA) is 107 Å². The van der Waals surface area contributed by atoms with E-state index >= 15 is 0 Å². The Morgan fingerprint density at radius 3 is 2.11 bits per heavy atom. The van der Waals surface area contributed by atoms with Crippen LogP contribution in [0, 0.1) is 5.92 Å². The molecule has 9 heteroatoms. The minimum atomic E-state index is -0.961. The van der Waals surface area contributed by atoms with Gasteiger partial charge in [0.15, 0.2) is 6.29 Å². The third kappa shape index (κ3) is 13.1. The molecule has 0 aliphatic carbocycles. The summed E-state index contributed by atoms with van der Waals surface area (Å²) in [5.41, 5.74) is 0.949. The second-order valence-electron chi connectivity index (χ2n) is 8.48. The molecule has 2 rings (SSSR count). The first-order valence-electron chi connectivity index (χ1n) is 12.5. The standard InChI is InChI=1S/C26H36N2O6.C2H6O/c1-4-20(5-2)18-28(34-23-13-11-22(32-3)12-14-23)19-25(30)24(27-26(31)33-16-15-29)17-21-9-7-6-8-10-21;1-3-2/h6-15,20,24-25,30H,4-5,16-19H2,1-3H3,(H,27,31);1-2H3. The largest absolute Gasteiger partial charge is 0.497 e. The number of methoxy groups -OCH3 is 2. The fourth-order valence-corrected chi connectivity index (χ4v) is 3.56. The number of hydrogen-bond acceptors (Lipinski definition) is 8. The molecule has 0 aliphatic heterocycles. The molecule has 37 heavy (non-hydrogen) atoms. The van der Waals surface area contributed by atoms with Crippen molar-refractivity contribution in [1.29, 1.82) is 0 Å². The van der Waals surface area contributed by atoms with Gasteiger partial charge in [0.05, 0.1) is 25.8 Å². The molecule has 0 aliphatic rings. The lowest BCUT2D eigenvalue weighted by Gasteiger charge is -2.31. The molecule has 0 radical (unpaired) electrons. The van der Waals surface area contributed by atoms with Gasteiger partial charge in [-0.15, -0.1) is 5.06 Å². The molecule has 0 heterocycles. The highest BCUT2D eigenvalue weighted by atomic mass is 16.7. The lowest BCUT2D eigenvalue weighted by Crippen LogP contribution is -2.51. The summed E-state index contributed by atoms with van der Waals surface area (Å²) >= 11 is 0. The molecule has 1 amide bonds. The van der Waals surface area contributed by atoms with E-state index < -0.39 is 18.2 Å². The number of aliphatic hydroxyl groups is 1. The predicted octanol–water partition coefficient (Wildman–Crippen LogP) is 3.89. The SMILES string of the molecule is CCC(CC)CN(CC(O)C(Cc1ccccc1)NC(=O)OCC=O)Oc1ccc(OC)cc1.COC. The van der Waals surface area contributed by atoms with Crippen LogP contribution in [0.25, 0.3) is 0 Å². The number of alkyl carbamates (subject to hydrolysis) is 1. The van der Waals surface area contributed by atoms with Crippen LogP contribution in [0.2, 0.25) is 0 Å². The average molecular weight is 519 g/mol. The lowest BCUT2D eigenvalue weighted by atomic mass is 10.00. The summed E-state index contributed by atoms with van der Waals surface area (Å²) in [5, 5.41) is 15.6. The van der Waals surface area contributed by atoms with E-state index in [0.29, 0.717) is 30.9 Å². The number of carbonyl (C=O) groups excluding carboxylic acids is 2. The molecule has 2 aromatic carbocycles. The van der Waals surface area contributed by atoms with E-state index in [1.807, 2.05) is 54.6 Å². The minimum Gasteiger partial charge on any atom is -0.497 e. The average Bonchev–Trinajstić information content (AvgIpc) is 2.91. The van der Waals surface area contributed by atoms with Crippen LogP contribution in [-0.4, -0.2) is 75.7 Å². The first-order valence-corrected chi connectivity index (χ1v) is 12.5. The number of aldehydes is 1. The molecule has 2 atom stereocenters. The molecule has 9 nitrogen and oxygen atoms in total. The first-order chi connectivity index (χ1) is 17.9. The Morgan fingerprint density at radius 1 is 0.973 bits per heavy atom. The Balaban J connectivity index is 0.00000217. The quantitative estimate of drug-likeness (QED) is 0.270. The predicted molar refractivity (Wildman–Crippen MR) is 143 cm³/mol. The first kappa shape index (κ1) is 31.9. The molecular formula is C28H42N2O7. The van der Waals surface area contributed by atoms with Crippen LogP contribution in [0.3, 0.4) is 0 Å². The normalized spacial score (nSPS) is 12.2. The summed E-state index contributed by atoms with van der Waals surface area (Å²) in [6.07, 6.45) is 1.12. The van der Waals surface area contributed by atoms with Crippen molar-refractivity contribution in [3.63, 3.8) is 0 Å². The van der Waals surface area contributed by atoms with E-state index in [0.717, 1.165) is 24.2 Å². The molecule has 0 saturated heterocycles. The molecule has 0 aromatic heterocycles. The summed E-state index contributed by atoms with van der Waals surface area (Å²) in [6.45, 7) is 4.68. The van der Waals surface area contributed by atoms with Gasteiger partial charge in [-0.25, -0.2) is 4.79 Å². The number of hydroxylamine groups is 2. The molecule has 206 valence electrons.